The molecular weight excluding hydrogens is 671 g/mol. The Morgan fingerprint density at radius 2 is 0.938 bits per heavy atom. The van der Waals surface area contributed by atoms with E-state index in [0.717, 1.165) is 35.0 Å². The number of hydrogen-bond donors (Lipinski definition) is 3. The summed E-state index contributed by atoms with van der Waals surface area (Å²) in [6.45, 7) is 0. The number of non-ortho nitro benzene ring substituents is 2. The van der Waals surface area contributed by atoms with Crippen molar-refractivity contribution < 1.29 is 77.2 Å². The fourth-order valence-electron chi connectivity index (χ4n) is 4.31. The SMILES string of the molecule is O=[N+]([O-])c1ccc(O)c(N=Nc2c(O)ccc3ccccc23)c1.O=[N+]([O-])c1ccc([O-])c(N=Nc2c(O)ccc3ccccc23)c1.[Cr].[Na+]. The average Bonchev–Trinajstić information content (AvgIpc) is 3.05. The van der Waals surface area contributed by atoms with Crippen molar-refractivity contribution in [1.82, 2.24) is 0 Å². The van der Waals surface area contributed by atoms with Gasteiger partial charge in [0.2, 0.25) is 0 Å². The number of fused-ring (bicyclic) bond motifs is 2. The van der Waals surface area contributed by atoms with Crippen LogP contribution in [0.1, 0.15) is 0 Å². The van der Waals surface area contributed by atoms with Gasteiger partial charge in [0, 0.05) is 52.4 Å². The van der Waals surface area contributed by atoms with Crippen molar-refractivity contribution in [3.05, 3.63) is 129 Å². The Hall–Kier alpha value is -5.43. The van der Waals surface area contributed by atoms with Gasteiger partial charge < -0.3 is 20.4 Å². The summed E-state index contributed by atoms with van der Waals surface area (Å²) >= 11 is 0. The molecule has 14 nitrogen and oxygen atoms in total. The zero-order valence-corrected chi connectivity index (χ0v) is 28.1. The Morgan fingerprint density at radius 1 is 0.521 bits per heavy atom. The number of hydrogen-bond acceptors (Lipinski definition) is 12. The second kappa shape index (κ2) is 16.4. The van der Waals surface area contributed by atoms with Crippen LogP contribution < -0.4 is 34.7 Å². The third kappa shape index (κ3) is 8.48. The van der Waals surface area contributed by atoms with Gasteiger partial charge in [-0.1, -0.05) is 72.5 Å². The van der Waals surface area contributed by atoms with Gasteiger partial charge in [0.1, 0.15) is 34.3 Å². The van der Waals surface area contributed by atoms with E-state index in [0.29, 0.717) is 10.8 Å². The molecule has 3 N–H and O–H groups in total. The van der Waals surface area contributed by atoms with Crippen LogP contribution in [0.15, 0.2) is 130 Å². The molecule has 0 atom stereocenters. The molecule has 6 rings (SSSR count). The van der Waals surface area contributed by atoms with Gasteiger partial charge in [0.15, 0.2) is 0 Å². The number of nitro benzene ring substituents is 2. The Bertz CT molecular complexity index is 2040. The van der Waals surface area contributed by atoms with Gasteiger partial charge in [-0.15, -0.1) is 15.3 Å². The van der Waals surface area contributed by atoms with Crippen molar-refractivity contribution in [3.8, 4) is 23.0 Å². The number of aromatic hydroxyl groups is 3. The summed E-state index contributed by atoms with van der Waals surface area (Å²) in [5, 5.41) is 81.5. The van der Waals surface area contributed by atoms with Crippen molar-refractivity contribution in [2.24, 2.45) is 20.5 Å². The van der Waals surface area contributed by atoms with E-state index in [1.54, 1.807) is 36.4 Å². The molecule has 0 fully saturated rings. The average molecular weight is 693 g/mol. The van der Waals surface area contributed by atoms with Crippen LogP contribution >= 0.6 is 0 Å². The largest absolute Gasteiger partial charge is 1.00 e. The first-order valence-electron chi connectivity index (χ1n) is 13.3. The third-order valence-corrected chi connectivity index (χ3v) is 6.60. The molecule has 0 bridgehead atoms. The molecule has 0 aliphatic carbocycles. The van der Waals surface area contributed by atoms with Gasteiger partial charge in [-0.2, -0.15) is 5.11 Å². The summed E-state index contributed by atoms with van der Waals surface area (Å²) < 4.78 is 0. The molecule has 0 radical (unpaired) electrons. The molecule has 0 aliphatic heterocycles. The first-order valence-corrected chi connectivity index (χ1v) is 13.3. The van der Waals surface area contributed by atoms with Crippen molar-refractivity contribution in [2.75, 3.05) is 0 Å². The van der Waals surface area contributed by atoms with E-state index in [9.17, 15) is 40.7 Å². The number of azo groups is 2. The van der Waals surface area contributed by atoms with Crippen molar-refractivity contribution >= 4 is 55.7 Å². The molecule has 0 spiro atoms. The van der Waals surface area contributed by atoms with Gasteiger partial charge in [-0.05, 0) is 29.0 Å². The summed E-state index contributed by atoms with van der Waals surface area (Å²) in [5.41, 5.74) is -0.235. The maximum atomic E-state index is 11.7. The number of benzene rings is 6. The number of phenols is 3. The zero-order valence-electron chi connectivity index (χ0n) is 24.9. The Labute approximate surface area is 304 Å². The topological polar surface area (TPSA) is 219 Å². The van der Waals surface area contributed by atoms with Gasteiger partial charge in [-0.3, -0.25) is 20.2 Å². The molecule has 0 amide bonds. The fourth-order valence-corrected chi connectivity index (χ4v) is 4.31. The molecule has 16 heteroatoms. The molecule has 0 unspecified atom stereocenters. The first kappa shape index (κ1) is 37.0. The normalized spacial score (nSPS) is 10.7. The van der Waals surface area contributed by atoms with E-state index < -0.39 is 15.6 Å². The van der Waals surface area contributed by atoms with Crippen LogP contribution in [0.5, 0.6) is 23.0 Å². The maximum absolute atomic E-state index is 11.7. The van der Waals surface area contributed by atoms with Crippen LogP contribution in [0, 0.1) is 20.2 Å². The van der Waals surface area contributed by atoms with Crippen LogP contribution in [0.2, 0.25) is 0 Å². The molecular formula is C32H21CrN6NaO8. The fraction of sp³-hybridized carbons (Fsp3) is 0. The molecule has 6 aromatic rings. The molecule has 0 saturated heterocycles. The Morgan fingerprint density at radius 3 is 1.44 bits per heavy atom. The predicted molar refractivity (Wildman–Crippen MR) is 167 cm³/mol. The summed E-state index contributed by atoms with van der Waals surface area (Å²) in [6, 6.07) is 27.6. The summed E-state index contributed by atoms with van der Waals surface area (Å²) in [4.78, 5) is 20.3. The Balaban J connectivity index is 0.000000250. The first-order chi connectivity index (χ1) is 22.1. The van der Waals surface area contributed by atoms with E-state index in [4.69, 9.17) is 0 Å². The van der Waals surface area contributed by atoms with E-state index in [1.807, 2.05) is 24.3 Å². The van der Waals surface area contributed by atoms with E-state index >= 15 is 0 Å². The molecule has 0 aliphatic rings. The zero-order chi connectivity index (χ0) is 32.8. The van der Waals surface area contributed by atoms with E-state index in [2.05, 4.69) is 20.5 Å². The summed E-state index contributed by atoms with van der Waals surface area (Å²) in [5.74, 6) is -0.888. The standard InChI is InChI=1S/2C16H11N3O4.Cr.Na/c2*20-14-8-6-11(19(22)23)9-13(14)17-18-16-12-4-2-1-3-10(12)5-7-15(16)21;;/h2*1-9,20-21H;;/q;;;+1/p-1. The second-order valence-electron chi connectivity index (χ2n) is 9.55. The minimum atomic E-state index is -0.617. The Kier molecular flexibility index (Phi) is 12.7. The quantitative estimate of drug-likeness (QED) is 0.0871. The summed E-state index contributed by atoms with van der Waals surface area (Å²) in [7, 11) is 0. The van der Waals surface area contributed by atoms with Gasteiger partial charge in [0.25, 0.3) is 11.4 Å². The number of nitrogens with zero attached hydrogens (tertiary/aromatic N) is 6. The molecule has 6 aromatic carbocycles. The molecule has 0 saturated carbocycles. The smallest absolute Gasteiger partial charge is 0.871 e. The van der Waals surface area contributed by atoms with Crippen LogP contribution in [0.3, 0.4) is 0 Å². The van der Waals surface area contributed by atoms with Crippen LogP contribution in [-0.4, -0.2) is 25.2 Å². The maximum Gasteiger partial charge on any atom is 1.00 e. The number of phenolic OH excluding ortho intramolecular Hbond substituents is 3. The van der Waals surface area contributed by atoms with Crippen molar-refractivity contribution in [3.63, 3.8) is 0 Å². The van der Waals surface area contributed by atoms with Crippen LogP contribution in [0.4, 0.5) is 34.1 Å². The number of rotatable bonds is 6. The monoisotopic (exact) mass is 692 g/mol. The van der Waals surface area contributed by atoms with E-state index in [-0.39, 0.29) is 98.3 Å². The van der Waals surface area contributed by atoms with Crippen LogP contribution in [-0.2, 0) is 17.4 Å². The minimum Gasteiger partial charge on any atom is -0.871 e. The van der Waals surface area contributed by atoms with Crippen molar-refractivity contribution in [2.45, 2.75) is 0 Å². The van der Waals surface area contributed by atoms with E-state index in [1.165, 1.54) is 24.3 Å². The summed E-state index contributed by atoms with van der Waals surface area (Å²) in [6.07, 6.45) is 0. The molecule has 0 aromatic heterocycles. The van der Waals surface area contributed by atoms with Gasteiger partial charge >= 0.3 is 29.6 Å². The van der Waals surface area contributed by atoms with Crippen molar-refractivity contribution in [1.29, 1.82) is 0 Å². The molecule has 234 valence electrons. The second-order valence-corrected chi connectivity index (χ2v) is 9.55. The van der Waals surface area contributed by atoms with Gasteiger partial charge in [-0.25, -0.2) is 0 Å². The van der Waals surface area contributed by atoms with Crippen LogP contribution in [0.25, 0.3) is 21.5 Å². The molecule has 0 heterocycles. The van der Waals surface area contributed by atoms with Gasteiger partial charge in [0.05, 0.1) is 15.5 Å². The molecule has 48 heavy (non-hydrogen) atoms. The third-order valence-electron chi connectivity index (χ3n) is 6.60. The predicted octanol–water partition coefficient (Wildman–Crippen LogP) is 5.52. The minimum absolute atomic E-state index is 0. The number of nitro groups is 2.